The van der Waals surface area contributed by atoms with Gasteiger partial charge in [-0.05, 0) is 6.92 Å². The van der Waals surface area contributed by atoms with Crippen LogP contribution in [-0.2, 0) is 4.74 Å². The topological polar surface area (TPSA) is 55.5 Å². The summed E-state index contributed by atoms with van der Waals surface area (Å²) in [7, 11) is 0. The van der Waals surface area contributed by atoms with Gasteiger partial charge in [-0.15, -0.1) is 21.8 Å². The van der Waals surface area contributed by atoms with Crippen LogP contribution in [0.25, 0.3) is 5.65 Å². The van der Waals surface area contributed by atoms with Gasteiger partial charge in [-0.25, -0.2) is 4.98 Å². The highest BCUT2D eigenvalue weighted by atomic mass is 35.5. The Hall–Kier alpha value is -1.40. The molecule has 0 aromatic carbocycles. The molecular weight excluding hydrogens is 254 g/mol. The first kappa shape index (κ1) is 11.7. The van der Waals surface area contributed by atoms with Crippen LogP contribution < -0.4 is 4.90 Å². The molecule has 1 aliphatic heterocycles. The Morgan fingerprint density at radius 2 is 2.44 bits per heavy atom. The molecule has 0 N–H and O–H groups in total. The Balaban J connectivity index is 1.99. The van der Waals surface area contributed by atoms with Crippen LogP contribution in [0.15, 0.2) is 18.7 Å². The van der Waals surface area contributed by atoms with Gasteiger partial charge in [0.15, 0.2) is 5.82 Å². The molecule has 2 atom stereocenters. The number of aromatic nitrogens is 4. The first-order valence-electron chi connectivity index (χ1n) is 5.88. The summed E-state index contributed by atoms with van der Waals surface area (Å²) in [6.07, 6.45) is 5.30. The molecule has 3 rings (SSSR count). The maximum atomic E-state index is 5.87. The highest BCUT2D eigenvalue weighted by molar-refractivity contribution is 6.18. The Labute approximate surface area is 110 Å². The molecule has 7 heteroatoms. The van der Waals surface area contributed by atoms with E-state index in [9.17, 15) is 0 Å². The molecule has 1 fully saturated rings. The highest BCUT2D eigenvalue weighted by Crippen LogP contribution is 2.23. The standard InChI is InChI=1S/C11H14ClN5O/c1-8-6-18-9(4-12)5-17(8)10-11-15-14-7-16(11)3-2-13-10/h2-3,7-9H,4-6H2,1H3. The van der Waals surface area contributed by atoms with Crippen LogP contribution in [-0.4, -0.2) is 50.8 Å². The molecule has 18 heavy (non-hydrogen) atoms. The van der Waals surface area contributed by atoms with Crippen molar-refractivity contribution in [3.8, 4) is 0 Å². The fourth-order valence-electron chi connectivity index (χ4n) is 2.15. The number of alkyl halides is 1. The zero-order valence-electron chi connectivity index (χ0n) is 10.0. The number of hydrogen-bond acceptors (Lipinski definition) is 5. The number of halogens is 1. The number of ether oxygens (including phenoxy) is 1. The fourth-order valence-corrected chi connectivity index (χ4v) is 2.34. The molecule has 0 amide bonds. The third-order valence-corrected chi connectivity index (χ3v) is 3.49. The van der Waals surface area contributed by atoms with Crippen molar-refractivity contribution in [2.24, 2.45) is 0 Å². The van der Waals surface area contributed by atoms with E-state index in [2.05, 4.69) is 27.0 Å². The molecule has 1 aliphatic rings. The smallest absolute Gasteiger partial charge is 0.203 e. The fraction of sp³-hybridized carbons (Fsp3) is 0.545. The van der Waals surface area contributed by atoms with Crippen LogP contribution in [0.3, 0.4) is 0 Å². The Morgan fingerprint density at radius 1 is 1.56 bits per heavy atom. The van der Waals surface area contributed by atoms with Crippen LogP contribution in [0.1, 0.15) is 6.92 Å². The number of fused-ring (bicyclic) bond motifs is 1. The SMILES string of the molecule is CC1COC(CCl)CN1c1nccn2cnnc12. The van der Waals surface area contributed by atoms with Crippen LogP contribution in [0, 0.1) is 0 Å². The molecule has 2 aromatic rings. The molecule has 0 bridgehead atoms. The van der Waals surface area contributed by atoms with E-state index in [4.69, 9.17) is 16.3 Å². The van der Waals surface area contributed by atoms with Crippen LogP contribution in [0.4, 0.5) is 5.82 Å². The van der Waals surface area contributed by atoms with Gasteiger partial charge in [-0.3, -0.25) is 4.40 Å². The number of anilines is 1. The predicted octanol–water partition coefficient (Wildman–Crippen LogP) is 0.957. The minimum absolute atomic E-state index is 0.0350. The second-order valence-electron chi connectivity index (χ2n) is 4.42. The van der Waals surface area contributed by atoms with E-state index < -0.39 is 0 Å². The zero-order valence-corrected chi connectivity index (χ0v) is 10.8. The monoisotopic (exact) mass is 267 g/mol. The van der Waals surface area contributed by atoms with Crippen LogP contribution in [0.2, 0.25) is 0 Å². The van der Waals surface area contributed by atoms with Crippen molar-refractivity contribution >= 4 is 23.1 Å². The lowest BCUT2D eigenvalue weighted by Crippen LogP contribution is -2.49. The van der Waals surface area contributed by atoms with Crippen molar-refractivity contribution in [1.29, 1.82) is 0 Å². The van der Waals surface area contributed by atoms with Crippen molar-refractivity contribution in [3.05, 3.63) is 18.7 Å². The lowest BCUT2D eigenvalue weighted by atomic mass is 10.2. The number of hydrogen-bond donors (Lipinski definition) is 0. The first-order valence-corrected chi connectivity index (χ1v) is 6.41. The van der Waals surface area contributed by atoms with Crippen molar-refractivity contribution in [1.82, 2.24) is 19.6 Å². The Kier molecular flexibility index (Phi) is 3.05. The maximum Gasteiger partial charge on any atom is 0.203 e. The van der Waals surface area contributed by atoms with E-state index in [0.717, 1.165) is 18.0 Å². The number of nitrogens with zero attached hydrogens (tertiary/aromatic N) is 5. The summed E-state index contributed by atoms with van der Waals surface area (Å²) in [5.41, 5.74) is 0.763. The van der Waals surface area contributed by atoms with Crippen LogP contribution in [0.5, 0.6) is 0 Å². The predicted molar refractivity (Wildman–Crippen MR) is 68.1 cm³/mol. The van der Waals surface area contributed by atoms with Gasteiger partial charge in [0.1, 0.15) is 6.33 Å². The van der Waals surface area contributed by atoms with Gasteiger partial charge in [-0.2, -0.15) is 0 Å². The zero-order chi connectivity index (χ0) is 12.5. The molecule has 0 radical (unpaired) electrons. The molecule has 2 aromatic heterocycles. The van der Waals surface area contributed by atoms with Gasteiger partial charge >= 0.3 is 0 Å². The normalized spacial score (nSPS) is 24.7. The van der Waals surface area contributed by atoms with Gasteiger partial charge in [0.2, 0.25) is 5.65 Å². The average Bonchev–Trinajstić information content (AvgIpc) is 2.87. The van der Waals surface area contributed by atoms with E-state index >= 15 is 0 Å². The summed E-state index contributed by atoms with van der Waals surface area (Å²) in [6.45, 7) is 3.48. The van der Waals surface area contributed by atoms with E-state index in [-0.39, 0.29) is 12.1 Å². The highest BCUT2D eigenvalue weighted by Gasteiger charge is 2.28. The first-order chi connectivity index (χ1) is 8.79. The summed E-state index contributed by atoms with van der Waals surface area (Å²) in [5.74, 6) is 1.32. The molecule has 0 saturated carbocycles. The summed E-state index contributed by atoms with van der Waals surface area (Å²) in [4.78, 5) is 6.61. The van der Waals surface area contributed by atoms with E-state index in [1.807, 2.05) is 10.6 Å². The van der Waals surface area contributed by atoms with Crippen molar-refractivity contribution in [3.63, 3.8) is 0 Å². The number of rotatable bonds is 2. The number of morpholine rings is 1. The average molecular weight is 268 g/mol. The van der Waals surface area contributed by atoms with E-state index in [1.165, 1.54) is 0 Å². The molecule has 0 aliphatic carbocycles. The lowest BCUT2D eigenvalue weighted by molar-refractivity contribution is 0.0362. The van der Waals surface area contributed by atoms with Gasteiger partial charge in [0.25, 0.3) is 0 Å². The molecule has 0 spiro atoms. The molecule has 96 valence electrons. The van der Waals surface area contributed by atoms with Crippen molar-refractivity contribution < 1.29 is 4.74 Å². The van der Waals surface area contributed by atoms with Gasteiger partial charge in [0, 0.05) is 18.9 Å². The summed E-state index contributed by atoms with van der Waals surface area (Å²) < 4.78 is 7.50. The lowest BCUT2D eigenvalue weighted by Gasteiger charge is -2.38. The quantitative estimate of drug-likeness (QED) is 0.759. The molecule has 3 heterocycles. The maximum absolute atomic E-state index is 5.87. The Bertz CT molecular complexity index is 545. The minimum atomic E-state index is 0.0350. The second kappa shape index (κ2) is 4.70. The third-order valence-electron chi connectivity index (χ3n) is 3.15. The van der Waals surface area contributed by atoms with Gasteiger partial charge < -0.3 is 9.64 Å². The largest absolute Gasteiger partial charge is 0.373 e. The summed E-state index contributed by atoms with van der Waals surface area (Å²) in [5, 5.41) is 8.02. The molecule has 6 nitrogen and oxygen atoms in total. The molecular formula is C11H14ClN5O. The summed E-state index contributed by atoms with van der Waals surface area (Å²) in [6, 6.07) is 0.250. The summed E-state index contributed by atoms with van der Waals surface area (Å²) >= 11 is 5.87. The van der Waals surface area contributed by atoms with Crippen LogP contribution >= 0.6 is 11.6 Å². The minimum Gasteiger partial charge on any atom is -0.373 e. The van der Waals surface area contributed by atoms with Crippen molar-refractivity contribution in [2.45, 2.75) is 19.1 Å². The van der Waals surface area contributed by atoms with E-state index in [0.29, 0.717) is 12.5 Å². The van der Waals surface area contributed by atoms with Gasteiger partial charge in [0.05, 0.1) is 24.6 Å². The third kappa shape index (κ3) is 1.91. The second-order valence-corrected chi connectivity index (χ2v) is 4.73. The van der Waals surface area contributed by atoms with Crippen molar-refractivity contribution in [2.75, 3.05) is 23.9 Å². The molecule has 2 unspecified atom stereocenters. The Morgan fingerprint density at radius 3 is 3.28 bits per heavy atom. The molecule has 1 saturated heterocycles. The van der Waals surface area contributed by atoms with Gasteiger partial charge in [-0.1, -0.05) is 0 Å². The van der Waals surface area contributed by atoms with E-state index in [1.54, 1.807) is 12.5 Å².